The molecule has 1 aromatic heterocycles. The molecule has 0 bridgehead atoms. The normalized spacial score (nSPS) is 12.7. The second-order valence-corrected chi connectivity index (χ2v) is 7.94. The van der Waals surface area contributed by atoms with Gasteiger partial charge >= 0.3 is 0 Å². The molecule has 0 fully saturated rings. The van der Waals surface area contributed by atoms with E-state index < -0.39 is 0 Å². The minimum Gasteiger partial charge on any atom is -0.507 e. The number of carbonyl (C=O) groups excluding carboxylic acids is 1. The average Bonchev–Trinajstić information content (AvgIpc) is 3.18. The van der Waals surface area contributed by atoms with Crippen LogP contribution in [0.1, 0.15) is 27.2 Å². The molecule has 162 valence electrons. The lowest BCUT2D eigenvalue weighted by Crippen LogP contribution is -2.26. The Morgan fingerprint density at radius 3 is 2.72 bits per heavy atom. The molecule has 0 saturated carbocycles. The van der Waals surface area contributed by atoms with E-state index in [0.717, 1.165) is 16.6 Å². The van der Waals surface area contributed by atoms with Gasteiger partial charge in [-0.1, -0.05) is 29.8 Å². The topological polar surface area (TPSA) is 87.7 Å². The highest BCUT2D eigenvalue weighted by Crippen LogP contribution is 2.35. The van der Waals surface area contributed by atoms with Gasteiger partial charge in [-0.25, -0.2) is 0 Å². The molecule has 1 aliphatic rings. The number of benzene rings is 3. The average molecular weight is 429 g/mol. The van der Waals surface area contributed by atoms with Crippen molar-refractivity contribution in [3.63, 3.8) is 0 Å². The molecule has 3 aromatic carbocycles. The first-order valence-electron chi connectivity index (χ1n) is 10.4. The Balaban J connectivity index is 1.47. The molecule has 4 aromatic rings. The lowest BCUT2D eigenvalue weighted by atomic mass is 10.0. The zero-order valence-electron chi connectivity index (χ0n) is 17.9. The van der Waals surface area contributed by atoms with Gasteiger partial charge in [0.1, 0.15) is 19.0 Å². The fourth-order valence-electron chi connectivity index (χ4n) is 3.97. The molecule has 7 nitrogen and oxygen atoms in total. The number of hydrogen-bond donors (Lipinski definition) is 2. The van der Waals surface area contributed by atoms with E-state index in [-0.39, 0.29) is 17.2 Å². The lowest BCUT2D eigenvalue weighted by molar-refractivity contribution is 0.0990. The summed E-state index contributed by atoms with van der Waals surface area (Å²) in [6.45, 7) is 3.02. The first kappa shape index (κ1) is 19.9. The maximum absolute atomic E-state index is 13.3. The third-order valence-corrected chi connectivity index (χ3v) is 5.66. The summed E-state index contributed by atoms with van der Waals surface area (Å²) in [6, 6.07) is 16.8. The summed E-state index contributed by atoms with van der Waals surface area (Å²) < 4.78 is 11.2. The predicted octanol–water partition coefficient (Wildman–Crippen LogP) is 4.22. The van der Waals surface area contributed by atoms with Crippen LogP contribution in [-0.4, -0.2) is 41.5 Å². The molecule has 5 rings (SSSR count). The third-order valence-electron chi connectivity index (χ3n) is 5.66. The zero-order chi connectivity index (χ0) is 22.2. The summed E-state index contributed by atoms with van der Waals surface area (Å²) >= 11 is 0. The Hall–Kier alpha value is -4.00. The molecule has 0 aliphatic carbocycles. The highest BCUT2D eigenvalue weighted by atomic mass is 16.6. The van der Waals surface area contributed by atoms with Crippen molar-refractivity contribution in [3.8, 4) is 17.2 Å². The number of aromatic hydroxyl groups is 1. The fourth-order valence-corrected chi connectivity index (χ4v) is 3.97. The van der Waals surface area contributed by atoms with E-state index >= 15 is 0 Å². The van der Waals surface area contributed by atoms with Gasteiger partial charge in [-0.15, -0.1) is 0 Å². The molecule has 32 heavy (non-hydrogen) atoms. The molecular weight excluding hydrogens is 406 g/mol. The molecule has 0 unspecified atom stereocenters. The predicted molar refractivity (Wildman–Crippen MR) is 122 cm³/mol. The van der Waals surface area contributed by atoms with Gasteiger partial charge in [0.2, 0.25) is 0 Å². The second-order valence-electron chi connectivity index (χ2n) is 7.94. The number of hydrogen-bond acceptors (Lipinski definition) is 5. The van der Waals surface area contributed by atoms with Crippen molar-refractivity contribution in [2.75, 3.05) is 25.2 Å². The van der Waals surface area contributed by atoms with Crippen LogP contribution in [0.25, 0.3) is 10.9 Å². The van der Waals surface area contributed by atoms with E-state index in [1.807, 2.05) is 6.07 Å². The molecule has 2 heterocycles. The van der Waals surface area contributed by atoms with Gasteiger partial charge in [0, 0.05) is 36.7 Å². The Morgan fingerprint density at radius 2 is 1.91 bits per heavy atom. The quantitative estimate of drug-likeness (QED) is 0.507. The van der Waals surface area contributed by atoms with E-state index in [9.17, 15) is 9.90 Å². The number of phenols is 1. The van der Waals surface area contributed by atoms with E-state index in [2.05, 4.69) is 35.3 Å². The third kappa shape index (κ3) is 3.62. The molecular formula is C25H23N3O4. The Morgan fingerprint density at radius 1 is 1.09 bits per heavy atom. The van der Waals surface area contributed by atoms with E-state index in [0.29, 0.717) is 42.3 Å². The van der Waals surface area contributed by atoms with Crippen molar-refractivity contribution in [2.24, 2.45) is 0 Å². The standard InChI is InChI=1S/C25H23N3O4/c1-15-4-3-5-16(10-15)11-20-18-13-19(22(29)14-21(18)27-26-20)25(30)28(2)17-6-7-23-24(12-17)32-9-8-31-23/h3-7,10,12-14,29H,8-9,11H2,1-2H3,(H,26,27). The van der Waals surface area contributed by atoms with Crippen molar-refractivity contribution in [3.05, 3.63) is 77.0 Å². The molecule has 0 atom stereocenters. The van der Waals surface area contributed by atoms with Gasteiger partial charge in [0.25, 0.3) is 5.91 Å². The number of nitrogens with zero attached hydrogens (tertiary/aromatic N) is 2. The summed E-state index contributed by atoms with van der Waals surface area (Å²) in [5.41, 5.74) is 4.67. The summed E-state index contributed by atoms with van der Waals surface area (Å²) in [5, 5.41) is 18.8. The van der Waals surface area contributed by atoms with Crippen LogP contribution < -0.4 is 14.4 Å². The van der Waals surface area contributed by atoms with Crippen LogP contribution in [0.3, 0.4) is 0 Å². The van der Waals surface area contributed by atoms with Crippen LogP contribution in [0.5, 0.6) is 17.2 Å². The van der Waals surface area contributed by atoms with E-state index in [1.54, 1.807) is 37.4 Å². The van der Waals surface area contributed by atoms with Gasteiger partial charge in [0.15, 0.2) is 11.5 Å². The van der Waals surface area contributed by atoms with Gasteiger partial charge in [0.05, 0.1) is 16.8 Å². The van der Waals surface area contributed by atoms with Crippen LogP contribution in [0.2, 0.25) is 0 Å². The number of rotatable bonds is 4. The zero-order valence-corrected chi connectivity index (χ0v) is 17.9. The number of carbonyl (C=O) groups is 1. The molecule has 0 saturated heterocycles. The second kappa shape index (κ2) is 7.92. The van der Waals surface area contributed by atoms with Gasteiger partial charge in [-0.2, -0.15) is 5.10 Å². The van der Waals surface area contributed by atoms with Crippen LogP contribution in [0, 0.1) is 6.92 Å². The van der Waals surface area contributed by atoms with Gasteiger partial charge < -0.3 is 19.5 Å². The van der Waals surface area contributed by atoms with Crippen molar-refractivity contribution in [2.45, 2.75) is 13.3 Å². The number of amides is 1. The number of aromatic amines is 1. The number of aromatic nitrogens is 2. The van der Waals surface area contributed by atoms with E-state index in [1.165, 1.54) is 10.5 Å². The highest BCUT2D eigenvalue weighted by molar-refractivity contribution is 6.09. The molecule has 0 radical (unpaired) electrons. The maximum Gasteiger partial charge on any atom is 0.261 e. The van der Waals surface area contributed by atoms with Crippen molar-refractivity contribution >= 4 is 22.5 Å². The number of anilines is 1. The van der Waals surface area contributed by atoms with Crippen LogP contribution >= 0.6 is 0 Å². The SMILES string of the molecule is Cc1cccc(Cc2n[nH]c3cc(O)c(C(=O)N(C)c4ccc5c(c4)OCCO5)cc23)c1. The number of ether oxygens (including phenoxy) is 2. The number of H-pyrrole nitrogens is 1. The number of aryl methyl sites for hydroxylation is 1. The molecule has 2 N–H and O–H groups in total. The van der Waals surface area contributed by atoms with E-state index in [4.69, 9.17) is 9.47 Å². The molecule has 1 amide bonds. The number of nitrogens with one attached hydrogen (secondary N) is 1. The van der Waals surface area contributed by atoms with Crippen molar-refractivity contribution in [1.82, 2.24) is 10.2 Å². The minimum absolute atomic E-state index is 0.0994. The number of phenolic OH excluding ortho intramolecular Hbond substituents is 1. The summed E-state index contributed by atoms with van der Waals surface area (Å²) in [7, 11) is 1.67. The maximum atomic E-state index is 13.3. The minimum atomic E-state index is -0.330. The van der Waals surface area contributed by atoms with Crippen molar-refractivity contribution in [1.29, 1.82) is 0 Å². The van der Waals surface area contributed by atoms with Gasteiger partial charge in [-0.3, -0.25) is 9.89 Å². The smallest absolute Gasteiger partial charge is 0.261 e. The Labute approximate surface area is 185 Å². The lowest BCUT2D eigenvalue weighted by Gasteiger charge is -2.22. The first-order chi connectivity index (χ1) is 15.5. The van der Waals surface area contributed by atoms with Crippen LogP contribution in [0.15, 0.2) is 54.6 Å². The van der Waals surface area contributed by atoms with Crippen LogP contribution in [-0.2, 0) is 6.42 Å². The molecule has 1 aliphatic heterocycles. The van der Waals surface area contributed by atoms with Crippen molar-refractivity contribution < 1.29 is 19.4 Å². The Bertz CT molecular complexity index is 1330. The molecule has 0 spiro atoms. The highest BCUT2D eigenvalue weighted by Gasteiger charge is 2.22. The summed E-state index contributed by atoms with van der Waals surface area (Å²) in [6.07, 6.45) is 0.623. The largest absolute Gasteiger partial charge is 0.507 e. The number of fused-ring (bicyclic) bond motifs is 2. The Kier molecular flexibility index (Phi) is 4.93. The summed E-state index contributed by atoms with van der Waals surface area (Å²) in [5.74, 6) is 0.828. The first-order valence-corrected chi connectivity index (χ1v) is 10.4. The van der Waals surface area contributed by atoms with Crippen LogP contribution in [0.4, 0.5) is 5.69 Å². The monoisotopic (exact) mass is 429 g/mol. The fraction of sp³-hybridized carbons (Fsp3) is 0.200. The van der Waals surface area contributed by atoms with Gasteiger partial charge in [-0.05, 0) is 30.7 Å². The summed E-state index contributed by atoms with van der Waals surface area (Å²) in [4.78, 5) is 14.8. The molecule has 7 heteroatoms.